The van der Waals surface area contributed by atoms with Crippen molar-refractivity contribution < 1.29 is 28.2 Å². The third-order valence-corrected chi connectivity index (χ3v) is 7.27. The molecule has 13 heteroatoms. The number of halogens is 1. The maximum Gasteiger partial charge on any atom is 0.319 e. The average molecular weight is 575 g/mol. The normalized spacial score (nSPS) is 13.4. The molecule has 206 valence electrons. The second-order valence-corrected chi connectivity index (χ2v) is 11.4. The van der Waals surface area contributed by atoms with Gasteiger partial charge in [-0.2, -0.15) is 0 Å². The molecule has 0 spiro atoms. The number of anilines is 2. The van der Waals surface area contributed by atoms with Crippen LogP contribution in [0.15, 0.2) is 53.3 Å². The topological polar surface area (TPSA) is 167 Å². The lowest BCUT2D eigenvalue weighted by molar-refractivity contribution is -0.137. The lowest BCUT2D eigenvalue weighted by Crippen LogP contribution is -2.37. The molecule has 0 unspecified atom stereocenters. The maximum atomic E-state index is 13.5. The number of carbonyl (C=O) groups excluding carboxylic acids is 1. The number of urea groups is 1. The summed E-state index contributed by atoms with van der Waals surface area (Å²) in [6.45, 7) is 0.138. The summed E-state index contributed by atoms with van der Waals surface area (Å²) < 4.78 is 27.0. The zero-order chi connectivity index (χ0) is 28.3. The molecule has 0 aliphatic heterocycles. The molecule has 1 aromatic heterocycles. The second kappa shape index (κ2) is 11.4. The number of aromatic hydroxyl groups is 1. The van der Waals surface area contributed by atoms with Crippen molar-refractivity contribution in [2.24, 2.45) is 0 Å². The van der Waals surface area contributed by atoms with Gasteiger partial charge in [-0.25, -0.2) is 13.2 Å². The van der Waals surface area contributed by atoms with Crippen molar-refractivity contribution in [2.45, 2.75) is 38.3 Å². The number of hydrogen-bond acceptors (Lipinski definition) is 6. The molecule has 11 nitrogen and oxygen atoms in total. The molecule has 1 atom stereocenters. The van der Waals surface area contributed by atoms with Gasteiger partial charge < -0.3 is 25.4 Å². The zero-order valence-corrected chi connectivity index (χ0v) is 22.5. The van der Waals surface area contributed by atoms with E-state index in [0.29, 0.717) is 40.2 Å². The molecule has 0 bridgehead atoms. The van der Waals surface area contributed by atoms with E-state index in [1.165, 1.54) is 28.8 Å². The van der Waals surface area contributed by atoms with Crippen molar-refractivity contribution in [1.29, 1.82) is 0 Å². The van der Waals surface area contributed by atoms with Crippen LogP contribution in [-0.4, -0.2) is 41.5 Å². The number of pyridine rings is 1. The minimum absolute atomic E-state index is 0.138. The number of aromatic nitrogens is 1. The monoisotopic (exact) mass is 574 g/mol. The van der Waals surface area contributed by atoms with Crippen LogP contribution in [-0.2, 0) is 34.2 Å². The Bertz CT molecular complexity index is 1600. The van der Waals surface area contributed by atoms with Crippen molar-refractivity contribution in [2.75, 3.05) is 16.3 Å². The number of carboxylic acid groups (broad SMARTS) is 1. The van der Waals surface area contributed by atoms with Crippen LogP contribution in [0.4, 0.5) is 16.2 Å². The number of fused-ring (bicyclic) bond motifs is 1. The van der Waals surface area contributed by atoms with Crippen molar-refractivity contribution in [1.82, 2.24) is 9.88 Å². The van der Waals surface area contributed by atoms with Gasteiger partial charge in [-0.05, 0) is 48.6 Å². The molecular formula is C26H27ClN4O7S. The molecule has 0 fully saturated rings. The summed E-state index contributed by atoms with van der Waals surface area (Å²) in [7, 11) is -3.59. The highest BCUT2D eigenvalue weighted by molar-refractivity contribution is 7.92. The predicted octanol–water partition coefficient (Wildman–Crippen LogP) is 3.45. The van der Waals surface area contributed by atoms with E-state index >= 15 is 0 Å². The fraction of sp³-hybridized carbons (Fsp3) is 0.269. The Morgan fingerprint density at radius 3 is 2.56 bits per heavy atom. The number of rotatable bonds is 9. The van der Waals surface area contributed by atoms with Gasteiger partial charge in [0.05, 0.1) is 25.3 Å². The van der Waals surface area contributed by atoms with Gasteiger partial charge in [0, 0.05) is 22.0 Å². The van der Waals surface area contributed by atoms with Crippen LogP contribution in [0.1, 0.15) is 41.3 Å². The molecule has 5 N–H and O–H groups in total. The maximum absolute atomic E-state index is 13.5. The fourth-order valence-electron chi connectivity index (χ4n) is 4.63. The number of aliphatic carboxylic acids is 1. The second-order valence-electron chi connectivity index (χ2n) is 9.23. The van der Waals surface area contributed by atoms with Crippen LogP contribution in [0, 0.1) is 0 Å². The van der Waals surface area contributed by atoms with E-state index in [1.54, 1.807) is 24.3 Å². The Morgan fingerprint density at radius 2 is 1.87 bits per heavy atom. The largest absolute Gasteiger partial charge is 0.505 e. The molecule has 2 amide bonds. The number of hydrogen-bond donors (Lipinski definition) is 5. The van der Waals surface area contributed by atoms with Gasteiger partial charge in [-0.1, -0.05) is 41.9 Å². The summed E-state index contributed by atoms with van der Waals surface area (Å²) in [6.07, 6.45) is 2.26. The molecule has 1 heterocycles. The van der Waals surface area contributed by atoms with Gasteiger partial charge >= 0.3 is 12.0 Å². The molecule has 1 aliphatic carbocycles. The molecule has 39 heavy (non-hydrogen) atoms. The summed E-state index contributed by atoms with van der Waals surface area (Å²) in [4.78, 5) is 38.0. The minimum atomic E-state index is -3.59. The van der Waals surface area contributed by atoms with Gasteiger partial charge in [0.25, 0.3) is 5.56 Å². The summed E-state index contributed by atoms with van der Waals surface area (Å²) in [5, 5.41) is 25.7. The lowest BCUT2D eigenvalue weighted by atomic mass is 10.0. The number of benzene rings is 2. The van der Waals surface area contributed by atoms with E-state index in [9.17, 15) is 33.0 Å². The highest BCUT2D eigenvalue weighted by atomic mass is 35.5. The molecule has 2 aromatic carbocycles. The summed E-state index contributed by atoms with van der Waals surface area (Å²) in [6, 6.07) is 11.0. The van der Waals surface area contributed by atoms with Crippen molar-refractivity contribution in [3.05, 3.63) is 86.3 Å². The third-order valence-electron chi connectivity index (χ3n) is 6.30. The van der Waals surface area contributed by atoms with Gasteiger partial charge in [0.15, 0.2) is 5.69 Å². The number of carboxylic acids is 1. The molecule has 0 radical (unpaired) electrons. The van der Waals surface area contributed by atoms with Gasteiger partial charge in [0.1, 0.15) is 5.75 Å². The predicted molar refractivity (Wildman–Crippen MR) is 147 cm³/mol. The Labute approximate surface area is 229 Å². The minimum Gasteiger partial charge on any atom is -0.505 e. The smallest absolute Gasteiger partial charge is 0.319 e. The first-order valence-corrected chi connectivity index (χ1v) is 14.3. The molecule has 0 saturated carbocycles. The summed E-state index contributed by atoms with van der Waals surface area (Å²) >= 11 is 6.31. The molecular weight excluding hydrogens is 548 g/mol. The molecule has 4 rings (SSSR count). The van der Waals surface area contributed by atoms with Crippen LogP contribution >= 0.6 is 11.6 Å². The van der Waals surface area contributed by atoms with Crippen LogP contribution < -0.4 is 20.9 Å². The van der Waals surface area contributed by atoms with Crippen LogP contribution in [0.3, 0.4) is 0 Å². The van der Waals surface area contributed by atoms with Crippen LogP contribution in [0.25, 0.3) is 0 Å². The highest BCUT2D eigenvalue weighted by Gasteiger charge is 2.27. The van der Waals surface area contributed by atoms with E-state index in [1.807, 2.05) is 0 Å². The van der Waals surface area contributed by atoms with Crippen LogP contribution in [0.5, 0.6) is 5.75 Å². The van der Waals surface area contributed by atoms with Crippen molar-refractivity contribution in [3.63, 3.8) is 0 Å². The fourth-order valence-corrected chi connectivity index (χ4v) is 5.39. The van der Waals surface area contributed by atoms with Gasteiger partial charge in [-0.15, -0.1) is 0 Å². The SMILES string of the molecule is CS(=O)(=O)Nc1cccc([C@H](CC(=O)O)NC(=O)Nc2c(O)c3c(n(Cc4ccccc4Cl)c2=O)CCC3)c1. The first kappa shape index (κ1) is 28.0. The molecule has 0 saturated heterocycles. The van der Waals surface area contributed by atoms with E-state index in [-0.39, 0.29) is 23.7 Å². The van der Waals surface area contributed by atoms with Crippen molar-refractivity contribution >= 4 is 45.0 Å². The quantitative estimate of drug-likeness (QED) is 0.261. The van der Waals surface area contributed by atoms with Gasteiger partial charge in [-0.3, -0.25) is 14.3 Å². The Morgan fingerprint density at radius 1 is 1.13 bits per heavy atom. The standard InChI is InChI=1S/C26H27ClN4O7S/c1-39(37,38)30-17-8-4-7-15(12-17)20(13-22(32)33)28-26(36)29-23-24(34)18-9-5-11-21(18)31(25(23)35)14-16-6-2-3-10-19(16)27/h2-4,6-8,10,12,20,30,34H,5,9,11,13-14H2,1H3,(H,32,33)(H2,28,29,36)/t20-/m0/s1. The first-order chi connectivity index (χ1) is 18.4. The highest BCUT2D eigenvalue weighted by Crippen LogP contribution is 2.34. The Hall–Kier alpha value is -4.03. The van der Waals surface area contributed by atoms with E-state index in [4.69, 9.17) is 11.6 Å². The molecule has 1 aliphatic rings. The average Bonchev–Trinajstić information content (AvgIpc) is 3.34. The number of nitrogens with zero attached hydrogens (tertiary/aromatic N) is 1. The van der Waals surface area contributed by atoms with Crippen molar-refractivity contribution in [3.8, 4) is 5.75 Å². The number of nitrogens with one attached hydrogen (secondary N) is 3. The van der Waals surface area contributed by atoms with E-state index < -0.39 is 40.0 Å². The van der Waals surface area contributed by atoms with Crippen LogP contribution in [0.2, 0.25) is 5.02 Å². The Balaban J connectivity index is 1.64. The van der Waals surface area contributed by atoms with E-state index in [0.717, 1.165) is 12.7 Å². The number of amides is 2. The Kier molecular flexibility index (Phi) is 8.17. The number of sulfonamides is 1. The number of carbonyl (C=O) groups is 2. The summed E-state index contributed by atoms with van der Waals surface area (Å²) in [5.41, 5.74) is 1.46. The summed E-state index contributed by atoms with van der Waals surface area (Å²) in [5.74, 6) is -1.54. The first-order valence-electron chi connectivity index (χ1n) is 12.0. The zero-order valence-electron chi connectivity index (χ0n) is 20.9. The lowest BCUT2D eigenvalue weighted by Gasteiger charge is -2.21. The van der Waals surface area contributed by atoms with E-state index in [2.05, 4.69) is 15.4 Å². The third kappa shape index (κ3) is 6.70. The van der Waals surface area contributed by atoms with Gasteiger partial charge in [0.2, 0.25) is 10.0 Å². The molecule has 3 aromatic rings.